The minimum atomic E-state index is -0.702. The van der Waals surface area contributed by atoms with Crippen molar-refractivity contribution in [2.75, 3.05) is 13.2 Å². The van der Waals surface area contributed by atoms with Gasteiger partial charge in [0.1, 0.15) is 15.4 Å². The average molecular weight is 793 g/mol. The smallest absolute Gasteiger partial charge is 0.345 e. The molecule has 0 aliphatic rings. The Morgan fingerprint density at radius 3 is 2.16 bits per heavy atom. The van der Waals surface area contributed by atoms with Gasteiger partial charge in [-0.05, 0) is 61.8 Å². The van der Waals surface area contributed by atoms with Crippen LogP contribution in [0.4, 0.5) is 0 Å². The molecule has 2 aromatic carbocycles. The van der Waals surface area contributed by atoms with Crippen LogP contribution in [0.25, 0.3) is 36.3 Å². The minimum Gasteiger partial charge on any atom is -0.466 e. The van der Waals surface area contributed by atoms with Gasteiger partial charge < -0.3 is 9.47 Å². The number of aromatic nitrogens is 6. The van der Waals surface area contributed by atoms with Gasteiger partial charge in [-0.2, -0.15) is 0 Å². The van der Waals surface area contributed by atoms with Gasteiger partial charge in [0.2, 0.25) is 5.43 Å². The molecule has 7 rings (SSSR count). The summed E-state index contributed by atoms with van der Waals surface area (Å²) in [5, 5.41) is 15.2. The molecule has 12 nitrogen and oxygen atoms in total. The van der Waals surface area contributed by atoms with Gasteiger partial charge >= 0.3 is 11.9 Å². The molecule has 0 aliphatic carbocycles. The number of carbonyl (C=O) groups excluding carboxylic acids is 3. The number of ether oxygens (including phenoxy) is 2. The number of fused-ring (bicyclic) bond motifs is 6. The molecule has 0 aliphatic heterocycles. The largest absolute Gasteiger partial charge is 0.466 e. The van der Waals surface area contributed by atoms with Crippen LogP contribution in [-0.2, 0) is 20.7 Å². The molecular formula is C32H22Cl4N6O6S2. The predicted octanol–water partition coefficient (Wildman–Crippen LogP) is 7.85. The summed E-state index contributed by atoms with van der Waals surface area (Å²) in [7, 11) is 0. The van der Waals surface area contributed by atoms with E-state index in [0.717, 1.165) is 25.4 Å². The van der Waals surface area contributed by atoms with Gasteiger partial charge in [-0.15, -0.1) is 43.1 Å². The van der Waals surface area contributed by atoms with Gasteiger partial charge in [-0.25, -0.2) is 9.78 Å². The molecule has 18 heteroatoms. The van der Waals surface area contributed by atoms with Gasteiger partial charge in [-0.3, -0.25) is 18.8 Å². The second-order valence-electron chi connectivity index (χ2n) is 9.74. The highest BCUT2D eigenvalue weighted by molar-refractivity contribution is 7.24. The van der Waals surface area contributed by atoms with Crippen LogP contribution in [0.2, 0.25) is 15.5 Å². The average Bonchev–Trinajstić information content (AvgIpc) is 3.67. The van der Waals surface area contributed by atoms with Crippen LogP contribution in [0.3, 0.4) is 0 Å². The van der Waals surface area contributed by atoms with E-state index in [-0.39, 0.29) is 51.0 Å². The van der Waals surface area contributed by atoms with E-state index in [1.165, 1.54) is 34.8 Å². The monoisotopic (exact) mass is 790 g/mol. The van der Waals surface area contributed by atoms with E-state index in [1.54, 1.807) is 18.2 Å². The lowest BCUT2D eigenvalue weighted by atomic mass is 10.2. The highest BCUT2D eigenvalue weighted by atomic mass is 35.5. The number of benzene rings is 2. The van der Waals surface area contributed by atoms with Crippen molar-refractivity contribution >= 4 is 123 Å². The molecule has 5 heterocycles. The molecule has 0 amide bonds. The van der Waals surface area contributed by atoms with E-state index in [2.05, 4.69) is 25.4 Å². The molecule has 0 radical (unpaired) electrons. The zero-order valence-electron chi connectivity index (χ0n) is 25.9. The molecule has 7 aromatic rings. The lowest BCUT2D eigenvalue weighted by Gasteiger charge is -2.07. The zero-order chi connectivity index (χ0) is 35.9. The van der Waals surface area contributed by atoms with E-state index < -0.39 is 16.6 Å². The van der Waals surface area contributed by atoms with Crippen molar-refractivity contribution in [1.29, 1.82) is 0 Å². The predicted molar refractivity (Wildman–Crippen MR) is 195 cm³/mol. The van der Waals surface area contributed by atoms with E-state index >= 15 is 0 Å². The number of pyridine rings is 1. The van der Waals surface area contributed by atoms with Crippen molar-refractivity contribution in [2.24, 2.45) is 0 Å². The summed E-state index contributed by atoms with van der Waals surface area (Å²) < 4.78 is 13.7. The van der Waals surface area contributed by atoms with Crippen molar-refractivity contribution in [1.82, 2.24) is 29.8 Å². The van der Waals surface area contributed by atoms with E-state index in [0.29, 0.717) is 17.1 Å². The van der Waals surface area contributed by atoms with Crippen molar-refractivity contribution < 1.29 is 23.9 Å². The molecular weight excluding hydrogens is 770 g/mol. The lowest BCUT2D eigenvalue weighted by molar-refractivity contribution is -0.142. The first-order valence-electron chi connectivity index (χ1n) is 14.5. The summed E-state index contributed by atoms with van der Waals surface area (Å²) >= 11 is 24.8. The number of thiazole rings is 2. The molecule has 0 N–H and O–H groups in total. The Bertz CT molecular complexity index is 2420. The maximum absolute atomic E-state index is 12.9. The summed E-state index contributed by atoms with van der Waals surface area (Å²) in [5.74, 6) is -0.863. The van der Waals surface area contributed by atoms with Crippen LogP contribution >= 0.6 is 69.1 Å². The van der Waals surface area contributed by atoms with Crippen LogP contribution in [0, 0.1) is 0 Å². The molecule has 5 aromatic heterocycles. The fraction of sp³-hybridized carbons (Fsp3) is 0.156. The fourth-order valence-corrected chi connectivity index (χ4v) is 7.28. The fourth-order valence-electron chi connectivity index (χ4n) is 4.49. The number of hydrogen-bond donors (Lipinski definition) is 0. The first-order valence-corrected chi connectivity index (χ1v) is 17.6. The van der Waals surface area contributed by atoms with Gasteiger partial charge in [0.25, 0.3) is 5.24 Å². The van der Waals surface area contributed by atoms with Crippen molar-refractivity contribution in [3.05, 3.63) is 102 Å². The first-order chi connectivity index (χ1) is 24.0. The SMILES string of the molecule is CCOC(=O)Cc1nc2ccccc2s1.CCOC(=O)c1c(=O)c2cc(Cl)nnc2n2c1sc1ccccc12.O=C(Cl)c1cc(Cl)nnc1Cl. The Balaban J connectivity index is 0.000000160. The van der Waals surface area contributed by atoms with Crippen molar-refractivity contribution in [2.45, 2.75) is 20.3 Å². The Kier molecular flexibility index (Phi) is 12.3. The number of hydrogen-bond acceptors (Lipinski definition) is 13. The van der Waals surface area contributed by atoms with Crippen LogP contribution in [0.1, 0.15) is 39.6 Å². The number of esters is 2. The number of para-hydroxylation sites is 2. The maximum Gasteiger partial charge on any atom is 0.345 e. The Morgan fingerprint density at radius 1 is 0.820 bits per heavy atom. The third-order valence-electron chi connectivity index (χ3n) is 6.51. The maximum atomic E-state index is 12.9. The zero-order valence-corrected chi connectivity index (χ0v) is 30.5. The molecule has 0 unspecified atom stereocenters. The first kappa shape index (κ1) is 37.0. The third kappa shape index (κ3) is 8.34. The van der Waals surface area contributed by atoms with E-state index in [1.807, 2.05) is 48.5 Å². The van der Waals surface area contributed by atoms with Crippen LogP contribution < -0.4 is 5.43 Å². The molecule has 256 valence electrons. The van der Waals surface area contributed by atoms with Gasteiger partial charge in [-0.1, -0.05) is 59.1 Å². The minimum absolute atomic E-state index is 0.00498. The van der Waals surface area contributed by atoms with Crippen LogP contribution in [0.5, 0.6) is 0 Å². The van der Waals surface area contributed by atoms with Crippen LogP contribution in [-0.4, -0.2) is 60.2 Å². The van der Waals surface area contributed by atoms with Gasteiger partial charge in [0.05, 0.1) is 51.0 Å². The molecule has 0 saturated heterocycles. The van der Waals surface area contributed by atoms with E-state index in [9.17, 15) is 19.2 Å². The standard InChI is InChI=1S/C16H10ClN3O3S.C11H11NO2S.C5HCl3N2O/c1-2-23-16(22)12-13(21)8-7-11(17)18-19-14(8)20-9-5-3-4-6-10(9)24-15(12)20;1-2-14-11(13)7-10-12-8-5-3-4-6-9(8)15-10;6-3-1-2(5(8)11)4(7)10-9-3/h3-7H,2H2,1H3;3-6H,2,7H2,1H3;1H. The lowest BCUT2D eigenvalue weighted by Crippen LogP contribution is -2.20. The number of nitrogens with zero attached hydrogens (tertiary/aromatic N) is 6. The Hall–Kier alpha value is -4.31. The Labute approximate surface area is 310 Å². The Morgan fingerprint density at radius 2 is 1.48 bits per heavy atom. The number of halogens is 4. The van der Waals surface area contributed by atoms with Crippen molar-refractivity contribution in [3.63, 3.8) is 0 Å². The van der Waals surface area contributed by atoms with Gasteiger partial charge in [0.15, 0.2) is 21.1 Å². The summed E-state index contributed by atoms with van der Waals surface area (Å²) in [4.78, 5) is 51.9. The number of carbonyl (C=O) groups is 3. The summed E-state index contributed by atoms with van der Waals surface area (Å²) in [6.45, 7) is 4.10. The van der Waals surface area contributed by atoms with Gasteiger partial charge in [0, 0.05) is 0 Å². The molecule has 50 heavy (non-hydrogen) atoms. The molecule has 0 saturated carbocycles. The normalized spacial score (nSPS) is 10.8. The summed E-state index contributed by atoms with van der Waals surface area (Å²) in [5.41, 5.74) is 1.76. The second kappa shape index (κ2) is 16.6. The number of rotatable bonds is 6. The molecule has 0 fully saturated rings. The topological polar surface area (TPSA) is 156 Å². The van der Waals surface area contributed by atoms with Crippen LogP contribution in [0.15, 0.2) is 65.5 Å². The summed E-state index contributed by atoms with van der Waals surface area (Å²) in [6, 6.07) is 18.1. The van der Waals surface area contributed by atoms with E-state index in [4.69, 9.17) is 55.9 Å². The third-order valence-corrected chi connectivity index (χ3v) is 9.54. The van der Waals surface area contributed by atoms with Crippen molar-refractivity contribution in [3.8, 4) is 0 Å². The summed E-state index contributed by atoms with van der Waals surface area (Å²) in [6.07, 6.45) is 0.271. The highest BCUT2D eigenvalue weighted by Gasteiger charge is 2.24. The second-order valence-corrected chi connectivity index (χ2v) is 13.4. The highest BCUT2D eigenvalue weighted by Crippen LogP contribution is 2.31. The molecule has 0 atom stereocenters. The molecule has 0 bridgehead atoms. The quantitative estimate of drug-likeness (QED) is 0.119. The molecule has 0 spiro atoms.